The van der Waals surface area contributed by atoms with E-state index in [-0.39, 0.29) is 17.9 Å². The van der Waals surface area contributed by atoms with Crippen LogP contribution in [0.4, 0.5) is 0 Å². The van der Waals surface area contributed by atoms with Crippen LogP contribution in [0.1, 0.15) is 32.1 Å². The molecule has 4 N–H and O–H groups in total. The monoisotopic (exact) mass is 214 g/mol. The standard InChI is InChI=1S/C10H18N2O3/c11-5-4-9(13)12-8-3-1-2-7(6-8)10(14)15/h7-8H,1-6,11H2,(H,12,13)(H,14,15). The number of rotatable bonds is 4. The molecular formula is C10H18N2O3. The summed E-state index contributed by atoms with van der Waals surface area (Å²) in [7, 11) is 0. The lowest BCUT2D eigenvalue weighted by atomic mass is 9.86. The maximum atomic E-state index is 11.2. The van der Waals surface area contributed by atoms with Gasteiger partial charge < -0.3 is 16.2 Å². The molecule has 0 aromatic carbocycles. The molecule has 0 saturated heterocycles. The summed E-state index contributed by atoms with van der Waals surface area (Å²) in [5.74, 6) is -1.14. The molecule has 1 aliphatic rings. The summed E-state index contributed by atoms with van der Waals surface area (Å²) in [5.41, 5.74) is 5.26. The number of nitrogens with one attached hydrogen (secondary N) is 1. The van der Waals surface area contributed by atoms with Crippen molar-refractivity contribution in [2.75, 3.05) is 6.54 Å². The van der Waals surface area contributed by atoms with E-state index in [1.165, 1.54) is 0 Å². The Labute approximate surface area is 89.0 Å². The van der Waals surface area contributed by atoms with Crippen LogP contribution in [0.15, 0.2) is 0 Å². The van der Waals surface area contributed by atoms with Gasteiger partial charge in [-0.3, -0.25) is 9.59 Å². The Kier molecular flexibility index (Phi) is 4.55. The van der Waals surface area contributed by atoms with Crippen molar-refractivity contribution in [3.8, 4) is 0 Å². The number of carboxylic acids is 1. The lowest BCUT2D eigenvalue weighted by Crippen LogP contribution is -2.40. The summed E-state index contributed by atoms with van der Waals surface area (Å²) in [6, 6.07) is 0.0129. The SMILES string of the molecule is NCCC(=O)NC1CCCC(C(=O)O)C1. The summed E-state index contributed by atoms with van der Waals surface area (Å²) >= 11 is 0. The maximum absolute atomic E-state index is 11.2. The third-order valence-electron chi connectivity index (χ3n) is 2.76. The molecular weight excluding hydrogens is 196 g/mol. The highest BCUT2D eigenvalue weighted by Crippen LogP contribution is 2.24. The van der Waals surface area contributed by atoms with Crippen LogP contribution in [-0.2, 0) is 9.59 Å². The quantitative estimate of drug-likeness (QED) is 0.618. The van der Waals surface area contributed by atoms with E-state index in [4.69, 9.17) is 10.8 Å². The Morgan fingerprint density at radius 2 is 2.13 bits per heavy atom. The van der Waals surface area contributed by atoms with Gasteiger partial charge in [0.1, 0.15) is 0 Å². The van der Waals surface area contributed by atoms with E-state index in [9.17, 15) is 9.59 Å². The van der Waals surface area contributed by atoms with Crippen molar-refractivity contribution in [1.82, 2.24) is 5.32 Å². The Balaban J connectivity index is 2.36. The van der Waals surface area contributed by atoms with Crippen LogP contribution in [-0.4, -0.2) is 29.6 Å². The zero-order valence-electron chi connectivity index (χ0n) is 8.74. The molecule has 2 atom stereocenters. The molecule has 0 heterocycles. The van der Waals surface area contributed by atoms with E-state index < -0.39 is 5.97 Å². The van der Waals surface area contributed by atoms with Gasteiger partial charge in [-0.15, -0.1) is 0 Å². The average molecular weight is 214 g/mol. The normalized spacial score (nSPS) is 25.9. The number of carbonyl (C=O) groups excluding carboxylic acids is 1. The molecule has 15 heavy (non-hydrogen) atoms. The Hall–Kier alpha value is -1.10. The molecule has 0 radical (unpaired) electrons. The van der Waals surface area contributed by atoms with Crippen molar-refractivity contribution in [2.24, 2.45) is 11.7 Å². The highest BCUT2D eigenvalue weighted by molar-refractivity contribution is 5.76. The van der Waals surface area contributed by atoms with Crippen molar-refractivity contribution in [2.45, 2.75) is 38.1 Å². The summed E-state index contributed by atoms with van der Waals surface area (Å²) in [6.45, 7) is 0.334. The fourth-order valence-electron chi connectivity index (χ4n) is 1.98. The lowest BCUT2D eigenvalue weighted by molar-refractivity contribution is -0.143. The first-order chi connectivity index (χ1) is 7.13. The molecule has 1 fully saturated rings. The third-order valence-corrected chi connectivity index (χ3v) is 2.76. The largest absolute Gasteiger partial charge is 0.481 e. The first-order valence-corrected chi connectivity index (χ1v) is 5.35. The van der Waals surface area contributed by atoms with Crippen molar-refractivity contribution >= 4 is 11.9 Å². The molecule has 2 unspecified atom stereocenters. The van der Waals surface area contributed by atoms with Crippen LogP contribution in [0.2, 0.25) is 0 Å². The number of amides is 1. The van der Waals surface area contributed by atoms with Crippen molar-refractivity contribution in [3.63, 3.8) is 0 Å². The van der Waals surface area contributed by atoms with E-state index in [0.717, 1.165) is 19.3 Å². The van der Waals surface area contributed by atoms with Gasteiger partial charge in [0.05, 0.1) is 5.92 Å². The maximum Gasteiger partial charge on any atom is 0.306 e. The van der Waals surface area contributed by atoms with E-state index in [1.54, 1.807) is 0 Å². The number of aliphatic carboxylic acids is 1. The number of carbonyl (C=O) groups is 2. The van der Waals surface area contributed by atoms with Crippen LogP contribution in [0, 0.1) is 5.92 Å². The van der Waals surface area contributed by atoms with Gasteiger partial charge >= 0.3 is 5.97 Å². The van der Waals surface area contributed by atoms with Gasteiger partial charge in [0, 0.05) is 19.0 Å². The molecule has 0 aromatic rings. The van der Waals surface area contributed by atoms with Crippen molar-refractivity contribution in [3.05, 3.63) is 0 Å². The average Bonchev–Trinajstić information content (AvgIpc) is 2.18. The Bertz CT molecular complexity index is 243. The molecule has 1 saturated carbocycles. The van der Waals surface area contributed by atoms with Crippen LogP contribution in [0.5, 0.6) is 0 Å². The minimum absolute atomic E-state index is 0.0129. The summed E-state index contributed by atoms with van der Waals surface area (Å²) in [4.78, 5) is 22.0. The van der Waals surface area contributed by atoms with Crippen LogP contribution < -0.4 is 11.1 Å². The third kappa shape index (κ3) is 3.87. The van der Waals surface area contributed by atoms with E-state index in [1.807, 2.05) is 0 Å². The zero-order valence-corrected chi connectivity index (χ0v) is 8.74. The molecule has 0 bridgehead atoms. The summed E-state index contributed by atoms with van der Waals surface area (Å²) in [6.07, 6.45) is 3.32. The van der Waals surface area contributed by atoms with Crippen LogP contribution in [0.3, 0.4) is 0 Å². The second-order valence-electron chi connectivity index (χ2n) is 4.00. The van der Waals surface area contributed by atoms with E-state index >= 15 is 0 Å². The molecule has 86 valence electrons. The smallest absolute Gasteiger partial charge is 0.306 e. The van der Waals surface area contributed by atoms with Gasteiger partial charge in [0.25, 0.3) is 0 Å². The first-order valence-electron chi connectivity index (χ1n) is 5.35. The Morgan fingerprint density at radius 1 is 1.40 bits per heavy atom. The van der Waals surface area contributed by atoms with Gasteiger partial charge in [-0.1, -0.05) is 6.42 Å². The molecule has 5 heteroatoms. The molecule has 5 nitrogen and oxygen atoms in total. The highest BCUT2D eigenvalue weighted by Gasteiger charge is 2.27. The topological polar surface area (TPSA) is 92.4 Å². The summed E-state index contributed by atoms with van der Waals surface area (Å²) in [5, 5.41) is 11.7. The molecule has 0 aromatic heterocycles. The fourth-order valence-corrected chi connectivity index (χ4v) is 1.98. The first kappa shape index (κ1) is 12.0. The van der Waals surface area contributed by atoms with E-state index in [0.29, 0.717) is 19.4 Å². The molecule has 1 aliphatic carbocycles. The predicted octanol–water partition coefficient (Wildman–Crippen LogP) is 0.0948. The molecule has 0 aliphatic heterocycles. The van der Waals surface area contributed by atoms with Crippen LogP contribution >= 0.6 is 0 Å². The van der Waals surface area contributed by atoms with Gasteiger partial charge in [-0.05, 0) is 19.3 Å². The number of nitrogens with two attached hydrogens (primary N) is 1. The zero-order chi connectivity index (χ0) is 11.3. The number of hydrogen-bond donors (Lipinski definition) is 3. The highest BCUT2D eigenvalue weighted by atomic mass is 16.4. The predicted molar refractivity (Wildman–Crippen MR) is 55.2 cm³/mol. The lowest BCUT2D eigenvalue weighted by Gasteiger charge is -2.27. The number of hydrogen-bond acceptors (Lipinski definition) is 3. The van der Waals surface area contributed by atoms with Crippen molar-refractivity contribution < 1.29 is 14.7 Å². The van der Waals surface area contributed by atoms with Gasteiger partial charge in [-0.25, -0.2) is 0 Å². The Morgan fingerprint density at radius 3 is 2.73 bits per heavy atom. The van der Waals surface area contributed by atoms with Gasteiger partial charge in [-0.2, -0.15) is 0 Å². The summed E-state index contributed by atoms with van der Waals surface area (Å²) < 4.78 is 0. The van der Waals surface area contributed by atoms with Crippen LogP contribution in [0.25, 0.3) is 0 Å². The van der Waals surface area contributed by atoms with E-state index in [2.05, 4.69) is 5.32 Å². The minimum Gasteiger partial charge on any atom is -0.481 e. The fraction of sp³-hybridized carbons (Fsp3) is 0.800. The van der Waals surface area contributed by atoms with Crippen molar-refractivity contribution in [1.29, 1.82) is 0 Å². The van der Waals surface area contributed by atoms with Gasteiger partial charge in [0.2, 0.25) is 5.91 Å². The minimum atomic E-state index is -0.757. The molecule has 0 spiro atoms. The molecule has 1 rings (SSSR count). The second kappa shape index (κ2) is 5.70. The second-order valence-corrected chi connectivity index (χ2v) is 4.00. The van der Waals surface area contributed by atoms with Gasteiger partial charge in [0.15, 0.2) is 0 Å². The number of carboxylic acid groups (broad SMARTS) is 1. The molecule has 1 amide bonds.